The van der Waals surface area contributed by atoms with Gasteiger partial charge in [0.1, 0.15) is 5.76 Å². The molecule has 1 N–H and O–H groups in total. The molecule has 2 aromatic rings. The molecule has 1 amide bonds. The van der Waals surface area contributed by atoms with Crippen LogP contribution < -0.4 is 0 Å². The van der Waals surface area contributed by atoms with E-state index in [2.05, 4.69) is 4.98 Å². The molecule has 2 heterocycles. The number of hydrogen-bond acceptors (Lipinski definition) is 4. The van der Waals surface area contributed by atoms with Crippen LogP contribution >= 0.6 is 0 Å². The maximum Gasteiger partial charge on any atom is 0.312 e. The molecule has 0 radical (unpaired) electrons. The van der Waals surface area contributed by atoms with Gasteiger partial charge in [-0.1, -0.05) is 31.2 Å². The summed E-state index contributed by atoms with van der Waals surface area (Å²) in [7, 11) is 0. The number of hydrogen-bond donors (Lipinski definition) is 1. The number of fused-ring (bicyclic) bond motifs is 1. The van der Waals surface area contributed by atoms with Gasteiger partial charge in [-0.3, -0.25) is 9.59 Å². The molecule has 1 aliphatic heterocycles. The summed E-state index contributed by atoms with van der Waals surface area (Å²) in [5.41, 5.74) is 1.90. The molecule has 0 spiro atoms. The van der Waals surface area contributed by atoms with Gasteiger partial charge in [0.15, 0.2) is 12.1 Å². The molecule has 0 bridgehead atoms. The van der Waals surface area contributed by atoms with Crippen molar-refractivity contribution in [1.29, 1.82) is 0 Å². The predicted octanol–water partition coefficient (Wildman–Crippen LogP) is 2.06. The molecule has 0 fully saturated rings. The monoisotopic (exact) mass is 300 g/mol. The number of carboxylic acid groups (broad SMARTS) is 1. The quantitative estimate of drug-likeness (QED) is 0.938. The average Bonchev–Trinajstić information content (AvgIpc) is 3.01. The Balaban J connectivity index is 1.94. The fourth-order valence-electron chi connectivity index (χ4n) is 2.82. The average molecular weight is 300 g/mol. The Morgan fingerprint density at radius 2 is 2.18 bits per heavy atom. The molecule has 1 unspecified atom stereocenters. The molecule has 1 aliphatic rings. The van der Waals surface area contributed by atoms with Gasteiger partial charge >= 0.3 is 5.97 Å². The van der Waals surface area contributed by atoms with Crippen molar-refractivity contribution in [3.8, 4) is 0 Å². The Bertz CT molecular complexity index is 722. The number of aliphatic carboxylic acids is 1. The van der Waals surface area contributed by atoms with Crippen molar-refractivity contribution < 1.29 is 19.1 Å². The third-order valence-electron chi connectivity index (χ3n) is 3.94. The standard InChI is InChI=1S/C16H16N2O4/c1-2-13-14(17-9-22-13)15(19)18-7-10-5-3-4-6-11(10)12(8-18)16(20)21/h3-6,9,12H,2,7-8H2,1H3,(H,20,21). The van der Waals surface area contributed by atoms with E-state index >= 15 is 0 Å². The van der Waals surface area contributed by atoms with Crippen LogP contribution in [0.5, 0.6) is 0 Å². The number of carbonyl (C=O) groups excluding carboxylic acids is 1. The topological polar surface area (TPSA) is 83.6 Å². The fraction of sp³-hybridized carbons (Fsp3) is 0.312. The van der Waals surface area contributed by atoms with E-state index in [-0.39, 0.29) is 18.1 Å². The highest BCUT2D eigenvalue weighted by Crippen LogP contribution is 2.29. The second-order valence-corrected chi connectivity index (χ2v) is 5.25. The largest absolute Gasteiger partial charge is 0.481 e. The number of carbonyl (C=O) groups is 2. The Hall–Kier alpha value is -2.63. The first-order chi connectivity index (χ1) is 10.6. The lowest BCUT2D eigenvalue weighted by Crippen LogP contribution is -2.41. The molecular formula is C16H16N2O4. The maximum absolute atomic E-state index is 12.6. The number of oxazole rings is 1. The summed E-state index contributed by atoms with van der Waals surface area (Å²) in [5, 5.41) is 9.44. The van der Waals surface area contributed by atoms with Crippen molar-refractivity contribution in [3.63, 3.8) is 0 Å². The molecule has 6 heteroatoms. The van der Waals surface area contributed by atoms with Gasteiger partial charge in [0.25, 0.3) is 5.91 Å². The Labute approximate surface area is 127 Å². The zero-order chi connectivity index (χ0) is 15.7. The molecule has 1 aromatic carbocycles. The van der Waals surface area contributed by atoms with E-state index < -0.39 is 11.9 Å². The summed E-state index contributed by atoms with van der Waals surface area (Å²) in [5.74, 6) is -1.41. The van der Waals surface area contributed by atoms with Crippen LogP contribution in [0.25, 0.3) is 0 Å². The molecule has 22 heavy (non-hydrogen) atoms. The van der Waals surface area contributed by atoms with Crippen LogP contribution in [-0.2, 0) is 17.8 Å². The zero-order valence-corrected chi connectivity index (χ0v) is 12.2. The van der Waals surface area contributed by atoms with Gasteiger partial charge in [-0.05, 0) is 11.1 Å². The minimum atomic E-state index is -0.930. The van der Waals surface area contributed by atoms with Gasteiger partial charge < -0.3 is 14.4 Å². The number of aromatic nitrogens is 1. The first-order valence-electron chi connectivity index (χ1n) is 7.14. The molecule has 3 rings (SSSR count). The normalized spacial score (nSPS) is 17.1. The molecule has 114 valence electrons. The third kappa shape index (κ3) is 2.36. The SMILES string of the molecule is CCc1ocnc1C(=O)N1Cc2ccccc2C(C(=O)O)C1. The smallest absolute Gasteiger partial charge is 0.312 e. The van der Waals surface area contributed by atoms with Crippen LogP contribution in [0, 0.1) is 0 Å². The van der Waals surface area contributed by atoms with Gasteiger partial charge in [-0.25, -0.2) is 4.98 Å². The number of aryl methyl sites for hydroxylation is 1. The van der Waals surface area contributed by atoms with E-state index in [0.717, 1.165) is 11.1 Å². The number of nitrogens with zero attached hydrogens (tertiary/aromatic N) is 2. The van der Waals surface area contributed by atoms with E-state index in [1.807, 2.05) is 31.2 Å². The summed E-state index contributed by atoms with van der Waals surface area (Å²) in [6.07, 6.45) is 1.81. The van der Waals surface area contributed by atoms with Crippen molar-refractivity contribution >= 4 is 11.9 Å². The molecule has 0 aliphatic carbocycles. The predicted molar refractivity (Wildman–Crippen MR) is 77.4 cm³/mol. The second-order valence-electron chi connectivity index (χ2n) is 5.25. The Morgan fingerprint density at radius 1 is 1.41 bits per heavy atom. The van der Waals surface area contributed by atoms with Crippen LogP contribution in [0.4, 0.5) is 0 Å². The molecule has 1 aromatic heterocycles. The first kappa shape index (κ1) is 14.3. The molecule has 0 saturated carbocycles. The molecular weight excluding hydrogens is 284 g/mol. The summed E-state index contributed by atoms with van der Waals surface area (Å²) < 4.78 is 5.19. The van der Waals surface area contributed by atoms with Crippen molar-refractivity contribution in [2.75, 3.05) is 6.54 Å². The third-order valence-corrected chi connectivity index (χ3v) is 3.94. The fourth-order valence-corrected chi connectivity index (χ4v) is 2.82. The van der Waals surface area contributed by atoms with E-state index in [1.54, 1.807) is 0 Å². The van der Waals surface area contributed by atoms with Crippen LogP contribution in [0.2, 0.25) is 0 Å². The van der Waals surface area contributed by atoms with E-state index in [0.29, 0.717) is 18.7 Å². The van der Waals surface area contributed by atoms with Crippen molar-refractivity contribution in [3.05, 3.63) is 53.2 Å². The highest BCUT2D eigenvalue weighted by atomic mass is 16.4. The lowest BCUT2D eigenvalue weighted by molar-refractivity contribution is -0.139. The van der Waals surface area contributed by atoms with Crippen LogP contribution in [-0.4, -0.2) is 33.4 Å². The van der Waals surface area contributed by atoms with Gasteiger partial charge in [0.05, 0.1) is 5.92 Å². The number of amides is 1. The minimum Gasteiger partial charge on any atom is -0.481 e. The molecule has 6 nitrogen and oxygen atoms in total. The molecule has 0 saturated heterocycles. The first-order valence-corrected chi connectivity index (χ1v) is 7.14. The summed E-state index contributed by atoms with van der Waals surface area (Å²) in [6.45, 7) is 2.40. The van der Waals surface area contributed by atoms with E-state index in [4.69, 9.17) is 4.42 Å². The Kier molecular flexibility index (Phi) is 3.66. The summed E-state index contributed by atoms with van der Waals surface area (Å²) in [4.78, 5) is 29.7. The Morgan fingerprint density at radius 3 is 2.91 bits per heavy atom. The van der Waals surface area contributed by atoms with Crippen LogP contribution in [0.3, 0.4) is 0 Å². The highest BCUT2D eigenvalue weighted by molar-refractivity contribution is 5.94. The maximum atomic E-state index is 12.6. The summed E-state index contributed by atoms with van der Waals surface area (Å²) in [6, 6.07) is 7.33. The summed E-state index contributed by atoms with van der Waals surface area (Å²) >= 11 is 0. The minimum absolute atomic E-state index is 0.140. The van der Waals surface area contributed by atoms with E-state index in [1.165, 1.54) is 11.3 Å². The van der Waals surface area contributed by atoms with Crippen LogP contribution in [0.1, 0.15) is 40.2 Å². The van der Waals surface area contributed by atoms with Crippen molar-refractivity contribution in [2.24, 2.45) is 0 Å². The van der Waals surface area contributed by atoms with Gasteiger partial charge in [-0.2, -0.15) is 0 Å². The lowest BCUT2D eigenvalue weighted by Gasteiger charge is -2.32. The van der Waals surface area contributed by atoms with Crippen LogP contribution in [0.15, 0.2) is 35.1 Å². The highest BCUT2D eigenvalue weighted by Gasteiger charge is 2.34. The van der Waals surface area contributed by atoms with Gasteiger partial charge in [0.2, 0.25) is 0 Å². The number of benzene rings is 1. The second kappa shape index (κ2) is 5.63. The van der Waals surface area contributed by atoms with Crippen molar-refractivity contribution in [2.45, 2.75) is 25.8 Å². The zero-order valence-electron chi connectivity index (χ0n) is 12.2. The van der Waals surface area contributed by atoms with Crippen molar-refractivity contribution in [1.82, 2.24) is 9.88 Å². The number of rotatable bonds is 3. The number of carboxylic acids is 1. The van der Waals surface area contributed by atoms with Gasteiger partial charge in [0, 0.05) is 19.5 Å². The molecule has 1 atom stereocenters. The van der Waals surface area contributed by atoms with Gasteiger partial charge in [-0.15, -0.1) is 0 Å². The lowest BCUT2D eigenvalue weighted by atomic mass is 9.89. The van der Waals surface area contributed by atoms with E-state index in [9.17, 15) is 14.7 Å².